The van der Waals surface area contributed by atoms with Crippen LogP contribution < -0.4 is 5.32 Å². The number of nitrogens with zero attached hydrogens (tertiary/aromatic N) is 1. The predicted octanol–water partition coefficient (Wildman–Crippen LogP) is 1.22. The molecule has 1 saturated carbocycles. The van der Waals surface area contributed by atoms with Crippen LogP contribution in [0.4, 0.5) is 5.69 Å². The zero-order chi connectivity index (χ0) is 18.4. The molecule has 3 aliphatic rings. The zero-order valence-corrected chi connectivity index (χ0v) is 14.2. The van der Waals surface area contributed by atoms with E-state index in [2.05, 4.69) is 5.32 Å². The van der Waals surface area contributed by atoms with Gasteiger partial charge in [-0.15, -0.1) is 0 Å². The third-order valence-electron chi connectivity index (χ3n) is 5.47. The van der Waals surface area contributed by atoms with Crippen molar-refractivity contribution in [2.75, 3.05) is 19.0 Å². The third-order valence-corrected chi connectivity index (χ3v) is 5.47. The molecule has 7 nitrogen and oxygen atoms in total. The highest BCUT2D eigenvalue weighted by Crippen LogP contribution is 2.52. The quantitative estimate of drug-likeness (QED) is 0.499. The maximum Gasteiger partial charge on any atom is 0.339 e. The standard InChI is InChI=1S/C19H18N2O5/c1-26-19(25)12-4-2-3-5-13(12)20-14(22)9-21-17(23)15-10-6-7-11(8-10)16(15)18(21)24/h2-7,10-11,15-16H,8-9H2,1H3,(H,20,22)/t10-,11-,15+,16+/m1/s1. The fraction of sp³-hybridized carbons (Fsp3) is 0.368. The summed E-state index contributed by atoms with van der Waals surface area (Å²) in [5, 5.41) is 2.60. The van der Waals surface area contributed by atoms with Gasteiger partial charge in [0.25, 0.3) is 0 Å². The van der Waals surface area contributed by atoms with Crippen molar-refractivity contribution in [3.05, 3.63) is 42.0 Å². The molecular formula is C19H18N2O5. The van der Waals surface area contributed by atoms with Crippen molar-refractivity contribution in [3.8, 4) is 0 Å². The minimum Gasteiger partial charge on any atom is -0.465 e. The lowest BCUT2D eigenvalue weighted by atomic mass is 9.85. The molecule has 2 fully saturated rings. The van der Waals surface area contributed by atoms with Crippen LogP contribution in [0, 0.1) is 23.7 Å². The van der Waals surface area contributed by atoms with Gasteiger partial charge in [-0.2, -0.15) is 0 Å². The summed E-state index contributed by atoms with van der Waals surface area (Å²) >= 11 is 0. The number of imide groups is 1. The molecule has 134 valence electrons. The van der Waals surface area contributed by atoms with E-state index in [1.807, 2.05) is 12.2 Å². The maximum atomic E-state index is 12.6. The van der Waals surface area contributed by atoms with Gasteiger partial charge in [0.05, 0.1) is 30.2 Å². The fourth-order valence-corrected chi connectivity index (χ4v) is 4.33. The fourth-order valence-electron chi connectivity index (χ4n) is 4.33. The van der Waals surface area contributed by atoms with Crippen LogP contribution in [0.2, 0.25) is 0 Å². The van der Waals surface area contributed by atoms with Gasteiger partial charge in [0, 0.05) is 0 Å². The molecule has 2 bridgehead atoms. The van der Waals surface area contributed by atoms with Gasteiger partial charge in [0.1, 0.15) is 6.54 Å². The van der Waals surface area contributed by atoms with Crippen molar-refractivity contribution in [1.29, 1.82) is 0 Å². The molecule has 1 aliphatic heterocycles. The van der Waals surface area contributed by atoms with Crippen molar-refractivity contribution in [2.45, 2.75) is 6.42 Å². The molecule has 26 heavy (non-hydrogen) atoms. The third kappa shape index (κ3) is 2.42. The van der Waals surface area contributed by atoms with E-state index >= 15 is 0 Å². The van der Waals surface area contributed by atoms with Crippen LogP contribution in [0.1, 0.15) is 16.8 Å². The topological polar surface area (TPSA) is 92.8 Å². The summed E-state index contributed by atoms with van der Waals surface area (Å²) in [6.07, 6.45) is 4.86. The molecule has 1 N–H and O–H groups in total. The lowest BCUT2D eigenvalue weighted by Gasteiger charge is -2.17. The van der Waals surface area contributed by atoms with E-state index in [1.54, 1.807) is 18.2 Å². The Morgan fingerprint density at radius 3 is 2.35 bits per heavy atom. The van der Waals surface area contributed by atoms with Gasteiger partial charge in [-0.3, -0.25) is 19.3 Å². The van der Waals surface area contributed by atoms with Crippen LogP contribution in [0.5, 0.6) is 0 Å². The van der Waals surface area contributed by atoms with Gasteiger partial charge in [0.15, 0.2) is 0 Å². The smallest absolute Gasteiger partial charge is 0.339 e. The second-order valence-electron chi connectivity index (χ2n) is 6.85. The number of amides is 3. The average Bonchev–Trinajstić information content (AvgIpc) is 3.31. The summed E-state index contributed by atoms with van der Waals surface area (Å²) in [6.45, 7) is -0.348. The summed E-state index contributed by atoms with van der Waals surface area (Å²) in [7, 11) is 1.25. The van der Waals surface area contributed by atoms with Crippen molar-refractivity contribution in [2.24, 2.45) is 23.7 Å². The average molecular weight is 354 g/mol. The minimum absolute atomic E-state index is 0.106. The number of fused-ring (bicyclic) bond motifs is 5. The number of allylic oxidation sites excluding steroid dienone is 2. The number of hydrogen-bond donors (Lipinski definition) is 1. The monoisotopic (exact) mass is 354 g/mol. The van der Waals surface area contributed by atoms with E-state index in [4.69, 9.17) is 4.74 Å². The van der Waals surface area contributed by atoms with E-state index in [-0.39, 0.29) is 53.3 Å². The van der Waals surface area contributed by atoms with E-state index < -0.39 is 11.9 Å². The van der Waals surface area contributed by atoms with Crippen molar-refractivity contribution >= 4 is 29.4 Å². The normalized spacial score (nSPS) is 28.4. The van der Waals surface area contributed by atoms with Gasteiger partial charge in [-0.25, -0.2) is 4.79 Å². The molecule has 1 saturated heterocycles. The van der Waals surface area contributed by atoms with Crippen LogP contribution in [0.15, 0.2) is 36.4 Å². The molecule has 3 amide bonds. The first-order valence-electron chi connectivity index (χ1n) is 8.52. The molecule has 0 radical (unpaired) electrons. The zero-order valence-electron chi connectivity index (χ0n) is 14.2. The highest BCUT2D eigenvalue weighted by Gasteiger charge is 2.59. The molecule has 1 aromatic rings. The first-order valence-corrected chi connectivity index (χ1v) is 8.52. The number of para-hydroxylation sites is 1. The predicted molar refractivity (Wildman–Crippen MR) is 90.8 cm³/mol. The SMILES string of the molecule is COC(=O)c1ccccc1NC(=O)CN1C(=O)[C@@H]2[C@@H](C1=O)[C@@H]1C=C[C@@H]2C1. The van der Waals surface area contributed by atoms with E-state index in [1.165, 1.54) is 13.2 Å². The van der Waals surface area contributed by atoms with Gasteiger partial charge >= 0.3 is 5.97 Å². The Bertz CT molecular complexity index is 816. The van der Waals surface area contributed by atoms with Gasteiger partial charge in [0.2, 0.25) is 17.7 Å². The highest BCUT2D eigenvalue weighted by atomic mass is 16.5. The van der Waals surface area contributed by atoms with E-state index in [9.17, 15) is 19.2 Å². The number of likely N-dealkylation sites (tertiary alicyclic amines) is 1. The largest absolute Gasteiger partial charge is 0.465 e. The van der Waals surface area contributed by atoms with Crippen molar-refractivity contribution in [3.63, 3.8) is 0 Å². The van der Waals surface area contributed by atoms with Crippen molar-refractivity contribution in [1.82, 2.24) is 4.90 Å². The first-order chi connectivity index (χ1) is 12.5. The van der Waals surface area contributed by atoms with Crippen LogP contribution in [-0.2, 0) is 19.1 Å². The molecule has 7 heteroatoms. The number of hydrogen-bond acceptors (Lipinski definition) is 5. The molecular weight excluding hydrogens is 336 g/mol. The Kier molecular flexibility index (Phi) is 3.86. The second-order valence-corrected chi connectivity index (χ2v) is 6.85. The summed E-state index contributed by atoms with van der Waals surface area (Å²) in [5.41, 5.74) is 0.493. The molecule has 2 aliphatic carbocycles. The Morgan fingerprint density at radius 2 is 1.73 bits per heavy atom. The van der Waals surface area contributed by atoms with Gasteiger partial charge < -0.3 is 10.1 Å². The van der Waals surface area contributed by atoms with Crippen LogP contribution in [0.25, 0.3) is 0 Å². The molecule has 0 spiro atoms. The molecule has 4 atom stereocenters. The number of benzene rings is 1. The lowest BCUT2D eigenvalue weighted by Crippen LogP contribution is -2.39. The highest BCUT2D eigenvalue weighted by molar-refractivity contribution is 6.10. The van der Waals surface area contributed by atoms with Gasteiger partial charge in [-0.05, 0) is 30.4 Å². The number of nitrogens with one attached hydrogen (secondary N) is 1. The number of carbonyl (C=O) groups excluding carboxylic acids is 4. The first kappa shape index (κ1) is 16.5. The van der Waals surface area contributed by atoms with E-state index in [0.29, 0.717) is 0 Å². The Labute approximate surface area is 150 Å². The number of ether oxygens (including phenoxy) is 1. The molecule has 1 aromatic carbocycles. The summed E-state index contributed by atoms with van der Waals surface area (Å²) < 4.78 is 4.69. The van der Waals surface area contributed by atoms with Crippen LogP contribution in [0.3, 0.4) is 0 Å². The molecule has 0 unspecified atom stereocenters. The second kappa shape index (κ2) is 6.09. The Hall–Kier alpha value is -2.96. The Morgan fingerprint density at radius 1 is 1.12 bits per heavy atom. The van der Waals surface area contributed by atoms with Crippen molar-refractivity contribution < 1.29 is 23.9 Å². The molecule has 4 rings (SSSR count). The number of anilines is 1. The number of methoxy groups -OCH3 is 1. The molecule has 0 aromatic heterocycles. The molecule has 1 heterocycles. The maximum absolute atomic E-state index is 12.6. The van der Waals surface area contributed by atoms with Crippen LogP contribution >= 0.6 is 0 Å². The van der Waals surface area contributed by atoms with Gasteiger partial charge in [-0.1, -0.05) is 24.3 Å². The lowest BCUT2D eigenvalue weighted by molar-refractivity contribution is -0.143. The number of carbonyl (C=O) groups is 4. The summed E-state index contributed by atoms with van der Waals surface area (Å²) in [6, 6.07) is 6.42. The Balaban J connectivity index is 1.48. The number of esters is 1. The van der Waals surface area contributed by atoms with Crippen LogP contribution in [-0.4, -0.2) is 42.2 Å². The summed E-state index contributed by atoms with van der Waals surface area (Å²) in [5.74, 6) is -2.08. The minimum atomic E-state index is -0.577. The summed E-state index contributed by atoms with van der Waals surface area (Å²) in [4.78, 5) is 50.5. The van der Waals surface area contributed by atoms with E-state index in [0.717, 1.165) is 11.3 Å². The number of rotatable bonds is 4.